The summed E-state index contributed by atoms with van der Waals surface area (Å²) in [6, 6.07) is 24.0. The van der Waals surface area contributed by atoms with Gasteiger partial charge < -0.3 is 20.9 Å². The van der Waals surface area contributed by atoms with E-state index in [2.05, 4.69) is 36.7 Å². The number of anilines is 2. The highest BCUT2D eigenvalue weighted by Gasteiger charge is 2.37. The highest BCUT2D eigenvalue weighted by molar-refractivity contribution is 6.05. The van der Waals surface area contributed by atoms with Crippen LogP contribution in [0.1, 0.15) is 70.6 Å². The van der Waals surface area contributed by atoms with Gasteiger partial charge in [-0.05, 0) is 67.5 Å². The lowest BCUT2D eigenvalue weighted by molar-refractivity contribution is -0.125. The fourth-order valence-electron chi connectivity index (χ4n) is 5.07. The smallest absolute Gasteiger partial charge is 0.319 e. The molecule has 40 heavy (non-hydrogen) atoms. The second-order valence-electron chi connectivity index (χ2n) is 12.5. The number of rotatable bonds is 5. The van der Waals surface area contributed by atoms with E-state index in [0.29, 0.717) is 17.8 Å². The normalized spacial score (nSPS) is 17.4. The van der Waals surface area contributed by atoms with Gasteiger partial charge in [-0.1, -0.05) is 81.4 Å². The molecule has 1 aliphatic heterocycles. The van der Waals surface area contributed by atoms with Crippen molar-refractivity contribution in [3.63, 3.8) is 0 Å². The fourth-order valence-corrected chi connectivity index (χ4v) is 5.07. The summed E-state index contributed by atoms with van der Waals surface area (Å²) in [6.45, 7) is 11.9. The van der Waals surface area contributed by atoms with Crippen LogP contribution >= 0.6 is 0 Å². The number of hydrogen-bond acceptors (Lipinski definition) is 3. The van der Waals surface area contributed by atoms with E-state index in [4.69, 9.17) is 0 Å². The van der Waals surface area contributed by atoms with E-state index < -0.39 is 17.6 Å². The van der Waals surface area contributed by atoms with E-state index >= 15 is 0 Å². The molecule has 0 aromatic heterocycles. The first-order chi connectivity index (χ1) is 18.8. The van der Waals surface area contributed by atoms with Crippen LogP contribution in [0.3, 0.4) is 0 Å². The Morgan fingerprint density at radius 2 is 1.55 bits per heavy atom. The SMILES string of the molecule is CC(C)(C)NC(=O)CN1C(=O)C(NC(=O)Nc2cccc(C(C)(C)C)c2)CC(c2ccccc2)c2ccccc21. The van der Waals surface area contributed by atoms with Crippen LogP contribution in [0.4, 0.5) is 16.2 Å². The Balaban J connectivity index is 1.67. The van der Waals surface area contributed by atoms with Crippen molar-refractivity contribution in [1.82, 2.24) is 10.6 Å². The van der Waals surface area contributed by atoms with E-state index in [9.17, 15) is 14.4 Å². The lowest BCUT2D eigenvalue weighted by Crippen LogP contribution is -2.53. The Labute approximate surface area is 237 Å². The predicted molar refractivity (Wildman–Crippen MR) is 161 cm³/mol. The summed E-state index contributed by atoms with van der Waals surface area (Å²) in [5.41, 5.74) is 3.86. The average Bonchev–Trinajstić information content (AvgIpc) is 2.98. The molecule has 1 aliphatic rings. The Morgan fingerprint density at radius 3 is 2.23 bits per heavy atom. The molecule has 0 aliphatic carbocycles. The molecule has 0 radical (unpaired) electrons. The molecule has 0 bridgehead atoms. The predicted octanol–water partition coefficient (Wildman–Crippen LogP) is 5.96. The average molecular weight is 541 g/mol. The first-order valence-corrected chi connectivity index (χ1v) is 13.8. The summed E-state index contributed by atoms with van der Waals surface area (Å²) < 4.78 is 0. The second kappa shape index (κ2) is 11.5. The van der Waals surface area contributed by atoms with Crippen molar-refractivity contribution in [3.8, 4) is 0 Å². The van der Waals surface area contributed by atoms with Gasteiger partial charge in [0.05, 0.1) is 0 Å². The van der Waals surface area contributed by atoms with Crippen molar-refractivity contribution >= 4 is 29.2 Å². The van der Waals surface area contributed by atoms with Crippen LogP contribution in [-0.4, -0.2) is 36.0 Å². The van der Waals surface area contributed by atoms with E-state index in [-0.39, 0.29) is 29.7 Å². The molecule has 7 heteroatoms. The van der Waals surface area contributed by atoms with Gasteiger partial charge in [0.2, 0.25) is 11.8 Å². The largest absolute Gasteiger partial charge is 0.350 e. The number of fused-ring (bicyclic) bond motifs is 1. The number of carbonyl (C=O) groups is 3. The molecule has 4 rings (SSSR count). The number of hydrogen-bond donors (Lipinski definition) is 3. The molecule has 0 spiro atoms. The Kier molecular flexibility index (Phi) is 8.33. The third kappa shape index (κ3) is 7.08. The summed E-state index contributed by atoms with van der Waals surface area (Å²) in [6.07, 6.45) is 0.354. The highest BCUT2D eigenvalue weighted by atomic mass is 16.2. The summed E-state index contributed by atoms with van der Waals surface area (Å²) >= 11 is 0. The lowest BCUT2D eigenvalue weighted by atomic mass is 9.86. The van der Waals surface area contributed by atoms with Crippen molar-refractivity contribution in [1.29, 1.82) is 0 Å². The minimum Gasteiger partial charge on any atom is -0.350 e. The third-order valence-electron chi connectivity index (χ3n) is 6.95. The maximum absolute atomic E-state index is 14.1. The van der Waals surface area contributed by atoms with Crippen LogP contribution in [-0.2, 0) is 15.0 Å². The van der Waals surface area contributed by atoms with Gasteiger partial charge in [-0.3, -0.25) is 9.59 Å². The molecule has 1 heterocycles. The van der Waals surface area contributed by atoms with E-state index in [1.165, 1.54) is 4.90 Å². The number of urea groups is 1. The van der Waals surface area contributed by atoms with Crippen molar-refractivity contribution in [3.05, 3.63) is 95.6 Å². The summed E-state index contributed by atoms with van der Waals surface area (Å²) in [5.74, 6) is -0.754. The molecule has 210 valence electrons. The molecule has 7 nitrogen and oxygen atoms in total. The molecule has 0 saturated carbocycles. The minimum absolute atomic E-state index is 0.0752. The van der Waals surface area contributed by atoms with E-state index in [1.807, 2.05) is 99.6 Å². The summed E-state index contributed by atoms with van der Waals surface area (Å²) in [7, 11) is 0. The van der Waals surface area contributed by atoms with Gasteiger partial charge in [-0.2, -0.15) is 0 Å². The maximum Gasteiger partial charge on any atom is 0.319 e. The van der Waals surface area contributed by atoms with Crippen LogP contribution in [0, 0.1) is 0 Å². The molecule has 0 saturated heterocycles. The molecule has 2 atom stereocenters. The Bertz CT molecular complexity index is 1370. The number of nitrogens with one attached hydrogen (secondary N) is 3. The van der Waals surface area contributed by atoms with Crippen LogP contribution < -0.4 is 20.9 Å². The molecule has 3 aromatic rings. The fraction of sp³-hybridized carbons (Fsp3) is 0.364. The van der Waals surface area contributed by atoms with E-state index in [0.717, 1.165) is 16.7 Å². The number of benzene rings is 3. The van der Waals surface area contributed by atoms with Gasteiger partial charge in [0.15, 0.2) is 0 Å². The van der Waals surface area contributed by atoms with Gasteiger partial charge in [0.25, 0.3) is 0 Å². The van der Waals surface area contributed by atoms with Gasteiger partial charge in [0, 0.05) is 22.8 Å². The van der Waals surface area contributed by atoms with Crippen LogP contribution in [0.5, 0.6) is 0 Å². The van der Waals surface area contributed by atoms with Gasteiger partial charge in [-0.15, -0.1) is 0 Å². The van der Waals surface area contributed by atoms with Gasteiger partial charge in [-0.25, -0.2) is 4.79 Å². The van der Waals surface area contributed by atoms with Crippen LogP contribution in [0.15, 0.2) is 78.9 Å². The van der Waals surface area contributed by atoms with Crippen LogP contribution in [0.2, 0.25) is 0 Å². The van der Waals surface area contributed by atoms with E-state index in [1.54, 1.807) is 0 Å². The zero-order valence-corrected chi connectivity index (χ0v) is 24.2. The first kappa shape index (κ1) is 28.9. The van der Waals surface area contributed by atoms with Crippen molar-refractivity contribution < 1.29 is 14.4 Å². The highest BCUT2D eigenvalue weighted by Crippen LogP contribution is 2.39. The monoisotopic (exact) mass is 540 g/mol. The zero-order valence-electron chi connectivity index (χ0n) is 24.2. The number of carbonyl (C=O) groups excluding carboxylic acids is 3. The molecule has 0 fully saturated rings. The number of amides is 4. The second-order valence-corrected chi connectivity index (χ2v) is 12.5. The third-order valence-corrected chi connectivity index (χ3v) is 6.95. The van der Waals surface area contributed by atoms with Gasteiger partial charge in [0.1, 0.15) is 12.6 Å². The summed E-state index contributed by atoms with van der Waals surface area (Å²) in [4.78, 5) is 41.9. The van der Waals surface area contributed by atoms with Crippen LogP contribution in [0.25, 0.3) is 0 Å². The minimum atomic E-state index is -0.856. The number of para-hydroxylation sites is 1. The standard InChI is InChI=1S/C33H40N4O3/c1-32(2,3)23-15-12-16-24(19-23)34-31(40)35-27-20-26(22-13-8-7-9-14-22)25-17-10-11-18-28(25)37(30(27)39)21-29(38)36-33(4,5)6/h7-19,26-27H,20-21H2,1-6H3,(H,36,38)(H2,34,35,40). The van der Waals surface area contributed by atoms with Gasteiger partial charge >= 0.3 is 6.03 Å². The lowest BCUT2D eigenvalue weighted by Gasteiger charge is -2.28. The van der Waals surface area contributed by atoms with Crippen molar-refractivity contribution in [2.45, 2.75) is 70.9 Å². The van der Waals surface area contributed by atoms with Crippen molar-refractivity contribution in [2.75, 3.05) is 16.8 Å². The van der Waals surface area contributed by atoms with Crippen molar-refractivity contribution in [2.24, 2.45) is 0 Å². The molecular formula is C33H40N4O3. The molecule has 4 amide bonds. The summed E-state index contributed by atoms with van der Waals surface area (Å²) in [5, 5.41) is 8.79. The quantitative estimate of drug-likeness (QED) is 0.373. The Morgan fingerprint density at radius 1 is 0.875 bits per heavy atom. The first-order valence-electron chi connectivity index (χ1n) is 13.8. The molecule has 3 aromatic carbocycles. The maximum atomic E-state index is 14.1. The number of nitrogens with zero attached hydrogens (tertiary/aromatic N) is 1. The zero-order chi connectivity index (χ0) is 29.1. The molecule has 3 N–H and O–H groups in total. The molecule has 2 unspecified atom stereocenters. The molecular weight excluding hydrogens is 500 g/mol. The topological polar surface area (TPSA) is 90.5 Å². The Hall–Kier alpha value is -4.13.